The predicted molar refractivity (Wildman–Crippen MR) is 85.7 cm³/mol. The van der Waals surface area contributed by atoms with Gasteiger partial charge in [-0.25, -0.2) is 17.8 Å². The van der Waals surface area contributed by atoms with Gasteiger partial charge < -0.3 is 4.90 Å². The van der Waals surface area contributed by atoms with Crippen molar-refractivity contribution in [1.82, 2.24) is 19.4 Å². The van der Waals surface area contributed by atoms with E-state index in [1.54, 1.807) is 4.90 Å². The van der Waals surface area contributed by atoms with Crippen LogP contribution >= 0.6 is 0 Å². The van der Waals surface area contributed by atoms with E-state index < -0.39 is 10.0 Å². The lowest BCUT2D eigenvalue weighted by Gasteiger charge is -2.31. The molecule has 0 saturated carbocycles. The van der Waals surface area contributed by atoms with Crippen LogP contribution in [-0.2, 0) is 16.6 Å². The molecule has 2 heterocycles. The molecule has 1 fully saturated rings. The molecule has 0 aliphatic carbocycles. The van der Waals surface area contributed by atoms with Gasteiger partial charge in [0.15, 0.2) is 0 Å². The van der Waals surface area contributed by atoms with Crippen LogP contribution < -0.4 is 10.3 Å². The van der Waals surface area contributed by atoms with Gasteiger partial charge in [-0.05, 0) is 25.3 Å². The Balaban J connectivity index is 2.02. The summed E-state index contributed by atoms with van der Waals surface area (Å²) in [4.78, 5) is 25.8. The fourth-order valence-electron chi connectivity index (χ4n) is 2.60. The number of piperidine rings is 1. The van der Waals surface area contributed by atoms with E-state index in [1.165, 1.54) is 16.8 Å². The number of aryl methyl sites for hydroxylation is 1. The first kappa shape index (κ1) is 17.6. The summed E-state index contributed by atoms with van der Waals surface area (Å²) in [6, 6.07) is 2.65. The highest BCUT2D eigenvalue weighted by molar-refractivity contribution is 7.88. The van der Waals surface area contributed by atoms with Gasteiger partial charge in [-0.3, -0.25) is 9.59 Å². The third-order valence-electron chi connectivity index (χ3n) is 3.68. The number of aromatic nitrogens is 2. The average Bonchev–Trinajstić information content (AvgIpc) is 2.48. The monoisotopic (exact) mass is 342 g/mol. The Morgan fingerprint density at radius 3 is 2.57 bits per heavy atom. The quantitative estimate of drug-likeness (QED) is 0.799. The van der Waals surface area contributed by atoms with E-state index in [0.717, 1.165) is 12.7 Å². The van der Waals surface area contributed by atoms with Crippen LogP contribution in [0.5, 0.6) is 0 Å². The van der Waals surface area contributed by atoms with Gasteiger partial charge in [0.1, 0.15) is 5.69 Å². The molecule has 1 aromatic rings. The molecule has 1 aliphatic rings. The van der Waals surface area contributed by atoms with Gasteiger partial charge in [-0.1, -0.05) is 6.92 Å². The molecule has 8 nitrogen and oxygen atoms in total. The highest BCUT2D eigenvalue weighted by Crippen LogP contribution is 2.13. The Morgan fingerprint density at radius 1 is 1.35 bits per heavy atom. The van der Waals surface area contributed by atoms with Crippen molar-refractivity contribution in [3.8, 4) is 0 Å². The zero-order chi connectivity index (χ0) is 17.0. The Labute approximate surface area is 135 Å². The molecule has 0 unspecified atom stereocenters. The first-order chi connectivity index (χ1) is 10.8. The molecule has 1 amide bonds. The van der Waals surface area contributed by atoms with Gasteiger partial charge in [-0.2, -0.15) is 5.10 Å². The Hall–Kier alpha value is -1.74. The molecular weight excluding hydrogens is 320 g/mol. The number of carbonyl (C=O) groups is 1. The summed E-state index contributed by atoms with van der Waals surface area (Å²) in [6.45, 7) is 3.32. The van der Waals surface area contributed by atoms with Gasteiger partial charge in [-0.15, -0.1) is 0 Å². The Morgan fingerprint density at radius 2 is 2.00 bits per heavy atom. The van der Waals surface area contributed by atoms with Crippen LogP contribution in [0.25, 0.3) is 0 Å². The maximum Gasteiger partial charge on any atom is 0.274 e. The Bertz CT molecular complexity index is 721. The normalized spacial score (nSPS) is 16.5. The first-order valence-corrected chi connectivity index (χ1v) is 9.54. The minimum Gasteiger partial charge on any atom is -0.337 e. The maximum absolute atomic E-state index is 12.5. The average molecular weight is 342 g/mol. The maximum atomic E-state index is 12.5. The van der Waals surface area contributed by atoms with E-state index >= 15 is 0 Å². The molecule has 0 bridgehead atoms. The molecule has 0 aromatic carbocycles. The molecule has 1 aliphatic heterocycles. The van der Waals surface area contributed by atoms with Crippen molar-refractivity contribution in [2.45, 2.75) is 38.8 Å². The van der Waals surface area contributed by atoms with Gasteiger partial charge >= 0.3 is 0 Å². The van der Waals surface area contributed by atoms with Crippen LogP contribution in [0.1, 0.15) is 36.7 Å². The summed E-state index contributed by atoms with van der Waals surface area (Å²) in [5, 5.41) is 4.12. The minimum atomic E-state index is -3.23. The number of nitrogens with zero attached hydrogens (tertiary/aromatic N) is 3. The Kier molecular flexibility index (Phi) is 5.53. The summed E-state index contributed by atoms with van der Waals surface area (Å²) < 4.78 is 26.3. The van der Waals surface area contributed by atoms with Crippen LogP contribution in [0.3, 0.4) is 0 Å². The van der Waals surface area contributed by atoms with E-state index in [0.29, 0.717) is 32.5 Å². The van der Waals surface area contributed by atoms with Crippen molar-refractivity contribution in [3.05, 3.63) is 28.2 Å². The summed E-state index contributed by atoms with van der Waals surface area (Å²) in [5.74, 6) is -0.229. The zero-order valence-corrected chi connectivity index (χ0v) is 14.2. The predicted octanol–water partition coefficient (Wildman–Crippen LogP) is -0.193. The largest absolute Gasteiger partial charge is 0.337 e. The lowest BCUT2D eigenvalue weighted by atomic mass is 10.1. The second-order valence-electron chi connectivity index (χ2n) is 5.74. The summed E-state index contributed by atoms with van der Waals surface area (Å²) >= 11 is 0. The van der Waals surface area contributed by atoms with E-state index in [-0.39, 0.29) is 23.2 Å². The van der Waals surface area contributed by atoms with Gasteiger partial charge in [0.2, 0.25) is 10.0 Å². The summed E-state index contributed by atoms with van der Waals surface area (Å²) in [6.07, 6.45) is 3.01. The van der Waals surface area contributed by atoms with Crippen molar-refractivity contribution in [1.29, 1.82) is 0 Å². The summed E-state index contributed by atoms with van der Waals surface area (Å²) in [7, 11) is -3.23. The van der Waals surface area contributed by atoms with Crippen LogP contribution in [0.15, 0.2) is 16.9 Å². The minimum absolute atomic E-state index is 0.143. The number of hydrogen-bond acceptors (Lipinski definition) is 5. The van der Waals surface area contributed by atoms with E-state index in [1.807, 2.05) is 6.92 Å². The molecular formula is C14H22N4O4S. The molecule has 2 rings (SSSR count). The second kappa shape index (κ2) is 7.22. The standard InChI is InChI=1S/C14H22N4O4S/c1-3-8-18-13(19)5-4-12(15-18)14(20)17-9-6-11(7-10-17)16-23(2,21)22/h4-5,11,16H,3,6-10H2,1-2H3. The van der Waals surface area contributed by atoms with E-state index in [9.17, 15) is 18.0 Å². The first-order valence-electron chi connectivity index (χ1n) is 7.65. The van der Waals surface area contributed by atoms with Crippen LogP contribution in [-0.4, -0.2) is 54.4 Å². The van der Waals surface area contributed by atoms with Crippen LogP contribution in [0.4, 0.5) is 0 Å². The van der Waals surface area contributed by atoms with E-state index in [2.05, 4.69) is 9.82 Å². The number of carbonyl (C=O) groups excluding carboxylic acids is 1. The number of likely N-dealkylation sites (tertiary alicyclic amines) is 1. The summed E-state index contributed by atoms with van der Waals surface area (Å²) in [5.41, 5.74) is 0.0204. The molecule has 9 heteroatoms. The van der Waals surface area contributed by atoms with Crippen LogP contribution in [0, 0.1) is 0 Å². The molecule has 1 saturated heterocycles. The molecule has 1 aromatic heterocycles. The van der Waals surface area contributed by atoms with Crippen LogP contribution in [0.2, 0.25) is 0 Å². The number of nitrogens with one attached hydrogen (secondary N) is 1. The fourth-order valence-corrected chi connectivity index (χ4v) is 3.44. The number of sulfonamides is 1. The SMILES string of the molecule is CCCn1nc(C(=O)N2CCC(NS(C)(=O)=O)CC2)ccc1=O. The highest BCUT2D eigenvalue weighted by atomic mass is 32.2. The molecule has 1 N–H and O–H groups in total. The van der Waals surface area contributed by atoms with Crippen molar-refractivity contribution < 1.29 is 13.2 Å². The van der Waals surface area contributed by atoms with Gasteiger partial charge in [0, 0.05) is 31.7 Å². The zero-order valence-electron chi connectivity index (χ0n) is 13.4. The lowest BCUT2D eigenvalue weighted by Crippen LogP contribution is -2.46. The number of amides is 1. The number of rotatable bonds is 5. The molecule has 23 heavy (non-hydrogen) atoms. The third kappa shape index (κ3) is 4.87. The molecule has 0 atom stereocenters. The van der Waals surface area contributed by atoms with E-state index in [4.69, 9.17) is 0 Å². The second-order valence-corrected chi connectivity index (χ2v) is 7.52. The molecule has 0 radical (unpaired) electrons. The van der Waals surface area contributed by atoms with Gasteiger partial charge in [0.25, 0.3) is 11.5 Å². The molecule has 128 valence electrons. The smallest absolute Gasteiger partial charge is 0.274 e. The van der Waals surface area contributed by atoms with Gasteiger partial charge in [0.05, 0.1) is 6.26 Å². The lowest BCUT2D eigenvalue weighted by molar-refractivity contribution is 0.0702. The fraction of sp³-hybridized carbons (Fsp3) is 0.643. The van der Waals surface area contributed by atoms with Crippen molar-refractivity contribution in [2.24, 2.45) is 0 Å². The third-order valence-corrected chi connectivity index (χ3v) is 4.45. The van der Waals surface area contributed by atoms with Crippen molar-refractivity contribution in [2.75, 3.05) is 19.3 Å². The van der Waals surface area contributed by atoms with Crippen molar-refractivity contribution in [3.63, 3.8) is 0 Å². The topological polar surface area (TPSA) is 101 Å². The highest BCUT2D eigenvalue weighted by Gasteiger charge is 2.26. The number of hydrogen-bond donors (Lipinski definition) is 1. The molecule has 0 spiro atoms. The van der Waals surface area contributed by atoms with Crippen molar-refractivity contribution >= 4 is 15.9 Å².